The summed E-state index contributed by atoms with van der Waals surface area (Å²) in [5.41, 5.74) is 4.04. The number of halogens is 1. The van der Waals surface area contributed by atoms with Crippen LogP contribution >= 0.6 is 11.6 Å². The van der Waals surface area contributed by atoms with Crippen molar-refractivity contribution in [1.82, 2.24) is 0 Å². The lowest BCUT2D eigenvalue weighted by molar-refractivity contribution is -0.145. The minimum atomic E-state index is -0.670. The Kier molecular flexibility index (Phi) is 5.74. The topological polar surface area (TPSA) is 88.3 Å². The molecule has 0 fully saturated rings. The van der Waals surface area contributed by atoms with E-state index in [2.05, 4.69) is 9.98 Å². The fourth-order valence-electron chi connectivity index (χ4n) is 4.29. The SMILES string of the molecule is CCOC(=O)C1C(C)=NC2=C(c3c(O)cccc3C2=NC(=O)CCl)C1c1ccccc1. The van der Waals surface area contributed by atoms with E-state index in [1.165, 1.54) is 0 Å². The van der Waals surface area contributed by atoms with E-state index in [1.54, 1.807) is 32.0 Å². The lowest BCUT2D eigenvalue weighted by Crippen LogP contribution is -2.34. The van der Waals surface area contributed by atoms with Gasteiger partial charge in [0.15, 0.2) is 0 Å². The van der Waals surface area contributed by atoms with Crippen LogP contribution in [0.25, 0.3) is 5.57 Å². The molecule has 4 rings (SSSR count). The van der Waals surface area contributed by atoms with Gasteiger partial charge in [0.05, 0.1) is 12.3 Å². The van der Waals surface area contributed by atoms with Crippen LogP contribution in [0.5, 0.6) is 5.75 Å². The Hall–Kier alpha value is -3.25. The number of rotatable bonds is 4. The van der Waals surface area contributed by atoms with E-state index in [0.717, 1.165) is 5.56 Å². The lowest BCUT2D eigenvalue weighted by Gasteiger charge is -2.31. The molecule has 6 nitrogen and oxygen atoms in total. The summed E-state index contributed by atoms with van der Waals surface area (Å²) < 4.78 is 5.37. The van der Waals surface area contributed by atoms with Crippen molar-refractivity contribution in [3.05, 3.63) is 70.9 Å². The lowest BCUT2D eigenvalue weighted by atomic mass is 9.74. The van der Waals surface area contributed by atoms with Crippen molar-refractivity contribution in [1.29, 1.82) is 0 Å². The monoisotopic (exact) mass is 436 g/mol. The van der Waals surface area contributed by atoms with Gasteiger partial charge in [-0.15, -0.1) is 11.6 Å². The first-order valence-electron chi connectivity index (χ1n) is 9.99. The third-order valence-electron chi connectivity index (χ3n) is 5.48. The predicted molar refractivity (Wildman–Crippen MR) is 120 cm³/mol. The van der Waals surface area contributed by atoms with Crippen molar-refractivity contribution in [2.45, 2.75) is 19.8 Å². The van der Waals surface area contributed by atoms with Gasteiger partial charge in [-0.2, -0.15) is 0 Å². The average molecular weight is 437 g/mol. The molecule has 1 aliphatic carbocycles. The number of aliphatic imine (C=N–C) groups is 2. The largest absolute Gasteiger partial charge is 0.507 e. The zero-order chi connectivity index (χ0) is 22.1. The summed E-state index contributed by atoms with van der Waals surface area (Å²) in [4.78, 5) is 34.0. The number of hydrogen-bond acceptors (Lipinski definition) is 5. The van der Waals surface area contributed by atoms with E-state index in [9.17, 15) is 14.7 Å². The standard InChI is InChI=1S/C24H21ClN2O4/c1-3-31-24(30)18-13(2)26-23-21(19(18)14-8-5-4-6-9-14)20-15(10-7-11-16(20)28)22(23)27-17(29)12-25/h4-11,18-19,28H,3,12H2,1-2H3. The van der Waals surface area contributed by atoms with Gasteiger partial charge in [-0.25, -0.2) is 4.99 Å². The number of benzene rings is 2. The van der Waals surface area contributed by atoms with Crippen LogP contribution < -0.4 is 0 Å². The van der Waals surface area contributed by atoms with E-state index >= 15 is 0 Å². The number of esters is 1. The first-order chi connectivity index (χ1) is 15.0. The molecule has 0 bridgehead atoms. The molecule has 2 aliphatic rings. The molecule has 2 aromatic carbocycles. The third-order valence-corrected chi connectivity index (χ3v) is 5.71. The zero-order valence-corrected chi connectivity index (χ0v) is 17.9. The van der Waals surface area contributed by atoms with Crippen molar-refractivity contribution in [2.24, 2.45) is 15.9 Å². The van der Waals surface area contributed by atoms with E-state index in [-0.39, 0.29) is 24.2 Å². The molecule has 0 aromatic heterocycles. The molecule has 2 aromatic rings. The quantitative estimate of drug-likeness (QED) is 0.577. The van der Waals surface area contributed by atoms with E-state index in [4.69, 9.17) is 16.3 Å². The number of hydrogen-bond donors (Lipinski definition) is 1. The molecule has 2 atom stereocenters. The number of alkyl halides is 1. The van der Waals surface area contributed by atoms with Gasteiger partial charge in [-0.3, -0.25) is 14.6 Å². The molecule has 1 aliphatic heterocycles. The second-order valence-corrected chi connectivity index (χ2v) is 7.59. The first kappa shape index (κ1) is 21.0. The smallest absolute Gasteiger partial charge is 0.315 e. The number of amides is 1. The fourth-order valence-corrected chi connectivity index (χ4v) is 4.35. The average Bonchev–Trinajstić information content (AvgIpc) is 3.07. The van der Waals surface area contributed by atoms with Crippen LogP contribution in [-0.2, 0) is 14.3 Å². The Bertz CT molecular complexity index is 1150. The third kappa shape index (κ3) is 3.57. The van der Waals surface area contributed by atoms with Crippen molar-refractivity contribution >= 4 is 40.5 Å². The maximum absolute atomic E-state index is 13.0. The van der Waals surface area contributed by atoms with Crippen LogP contribution in [0.1, 0.15) is 36.5 Å². The van der Waals surface area contributed by atoms with E-state index in [1.807, 2.05) is 30.3 Å². The van der Waals surface area contributed by atoms with Gasteiger partial charge in [0, 0.05) is 28.3 Å². The molecule has 1 heterocycles. The fraction of sp³-hybridized carbons (Fsp3) is 0.250. The highest BCUT2D eigenvalue weighted by Crippen LogP contribution is 2.52. The maximum atomic E-state index is 13.0. The van der Waals surface area contributed by atoms with Gasteiger partial charge in [0.2, 0.25) is 0 Å². The summed E-state index contributed by atoms with van der Waals surface area (Å²) >= 11 is 5.70. The molecule has 1 amide bonds. The highest BCUT2D eigenvalue weighted by Gasteiger charge is 2.45. The van der Waals surface area contributed by atoms with Gasteiger partial charge in [-0.05, 0) is 25.5 Å². The molecular formula is C24H21ClN2O4. The number of nitrogens with zero attached hydrogens (tertiary/aromatic N) is 2. The van der Waals surface area contributed by atoms with Crippen LogP contribution in [-0.4, -0.2) is 40.9 Å². The Morgan fingerprint density at radius 1 is 1.16 bits per heavy atom. The van der Waals surface area contributed by atoms with Crippen LogP contribution in [0, 0.1) is 5.92 Å². The van der Waals surface area contributed by atoms with Crippen molar-refractivity contribution in [3.63, 3.8) is 0 Å². The molecule has 0 saturated carbocycles. The number of carbonyl (C=O) groups excluding carboxylic acids is 2. The van der Waals surface area contributed by atoms with Gasteiger partial charge < -0.3 is 9.84 Å². The molecule has 0 radical (unpaired) electrons. The summed E-state index contributed by atoms with van der Waals surface area (Å²) in [5.74, 6) is -2.25. The molecule has 0 saturated heterocycles. The van der Waals surface area contributed by atoms with Crippen LogP contribution in [0.3, 0.4) is 0 Å². The molecule has 1 N–H and O–H groups in total. The van der Waals surface area contributed by atoms with Crippen LogP contribution in [0.4, 0.5) is 0 Å². The summed E-state index contributed by atoms with van der Waals surface area (Å²) in [6.45, 7) is 3.77. The van der Waals surface area contributed by atoms with Crippen LogP contribution in [0.2, 0.25) is 0 Å². The van der Waals surface area contributed by atoms with Gasteiger partial charge in [0.25, 0.3) is 5.91 Å². The Labute approximate surface area is 184 Å². The molecule has 158 valence electrons. The van der Waals surface area contributed by atoms with Gasteiger partial charge >= 0.3 is 5.97 Å². The zero-order valence-electron chi connectivity index (χ0n) is 17.1. The normalized spacial score (nSPS) is 20.9. The van der Waals surface area contributed by atoms with Crippen molar-refractivity contribution in [3.8, 4) is 5.75 Å². The minimum absolute atomic E-state index is 0.0341. The highest BCUT2D eigenvalue weighted by atomic mass is 35.5. The number of aromatic hydroxyl groups is 1. The maximum Gasteiger partial charge on any atom is 0.315 e. The molecule has 0 spiro atoms. The van der Waals surface area contributed by atoms with Gasteiger partial charge in [0.1, 0.15) is 23.3 Å². The predicted octanol–water partition coefficient (Wildman–Crippen LogP) is 4.11. The Morgan fingerprint density at radius 3 is 2.58 bits per heavy atom. The second kappa shape index (κ2) is 8.47. The molecule has 7 heteroatoms. The number of phenolic OH excluding ortho intramolecular Hbond substituents is 1. The summed E-state index contributed by atoms with van der Waals surface area (Å²) in [6, 6.07) is 14.6. The second-order valence-electron chi connectivity index (χ2n) is 7.32. The van der Waals surface area contributed by atoms with Crippen molar-refractivity contribution in [2.75, 3.05) is 12.5 Å². The molecule has 31 heavy (non-hydrogen) atoms. The number of carbonyl (C=O) groups is 2. The molecular weight excluding hydrogens is 416 g/mol. The molecule has 2 unspecified atom stereocenters. The van der Waals surface area contributed by atoms with Crippen molar-refractivity contribution < 1.29 is 19.4 Å². The summed E-state index contributed by atoms with van der Waals surface area (Å²) in [7, 11) is 0. The summed E-state index contributed by atoms with van der Waals surface area (Å²) in [5, 5.41) is 10.8. The number of fused-ring (bicyclic) bond motifs is 2. The Morgan fingerprint density at radius 2 is 1.90 bits per heavy atom. The van der Waals surface area contributed by atoms with E-state index in [0.29, 0.717) is 33.8 Å². The number of phenols is 1. The Balaban J connectivity index is 2.02. The number of allylic oxidation sites excluding steroid dienone is 2. The number of ether oxygens (including phenoxy) is 1. The van der Waals surface area contributed by atoms with Crippen LogP contribution in [0.15, 0.2) is 64.2 Å². The minimum Gasteiger partial charge on any atom is -0.507 e. The summed E-state index contributed by atoms with van der Waals surface area (Å²) in [6.07, 6.45) is 0. The first-order valence-corrected chi connectivity index (χ1v) is 10.5. The van der Waals surface area contributed by atoms with E-state index < -0.39 is 17.7 Å². The highest BCUT2D eigenvalue weighted by molar-refractivity contribution is 6.32. The van der Waals surface area contributed by atoms with Gasteiger partial charge in [-0.1, -0.05) is 42.5 Å².